The zero-order valence-corrected chi connectivity index (χ0v) is 26.7. The van der Waals surface area contributed by atoms with Gasteiger partial charge in [0.15, 0.2) is 0 Å². The smallest absolute Gasteiger partial charge is 0.264 e. The molecule has 0 saturated heterocycles. The van der Waals surface area contributed by atoms with Gasteiger partial charge in [0.25, 0.3) is 10.0 Å². The number of ether oxygens (including phenoxy) is 1. The Kier molecular flexibility index (Phi) is 11.0. The van der Waals surface area contributed by atoms with E-state index in [0.29, 0.717) is 6.54 Å². The maximum atomic E-state index is 15.0. The Bertz CT molecular complexity index is 1730. The Labute approximate surface area is 264 Å². The van der Waals surface area contributed by atoms with Gasteiger partial charge < -0.3 is 15.0 Å². The lowest BCUT2D eigenvalue weighted by molar-refractivity contribution is -0.140. The summed E-state index contributed by atoms with van der Waals surface area (Å²) in [7, 11) is -2.89. The molecule has 45 heavy (non-hydrogen) atoms. The molecular weight excluding hydrogens is 593 g/mol. The van der Waals surface area contributed by atoms with Gasteiger partial charge in [-0.1, -0.05) is 72.3 Å². The first-order chi connectivity index (χ1) is 21.5. The molecule has 0 aliphatic carbocycles. The summed E-state index contributed by atoms with van der Waals surface area (Å²) >= 11 is 0. The number of carbonyl (C=O) groups excluding carboxylic acids is 2. The van der Waals surface area contributed by atoms with Crippen molar-refractivity contribution in [3.63, 3.8) is 0 Å². The van der Waals surface area contributed by atoms with E-state index in [1.165, 1.54) is 42.3 Å². The van der Waals surface area contributed by atoms with Crippen LogP contribution >= 0.6 is 0 Å². The number of nitrogens with zero attached hydrogens (tertiary/aromatic N) is 2. The van der Waals surface area contributed by atoms with Gasteiger partial charge in [-0.15, -0.1) is 0 Å². The summed E-state index contributed by atoms with van der Waals surface area (Å²) in [5.41, 5.74) is 2.75. The van der Waals surface area contributed by atoms with Gasteiger partial charge in [-0.3, -0.25) is 13.9 Å². The Morgan fingerprint density at radius 3 is 2.18 bits per heavy atom. The molecule has 0 aliphatic rings. The van der Waals surface area contributed by atoms with Crippen molar-refractivity contribution in [2.75, 3.05) is 24.5 Å². The Hall–Kier alpha value is -4.70. The molecule has 8 nitrogen and oxygen atoms in total. The quantitative estimate of drug-likeness (QED) is 0.213. The molecule has 4 aromatic rings. The summed E-state index contributed by atoms with van der Waals surface area (Å²) < 4.78 is 50.0. The lowest BCUT2D eigenvalue weighted by Gasteiger charge is -2.34. The fraction of sp³-hybridized carbons (Fsp3) is 0.257. The molecule has 1 atom stereocenters. The molecule has 0 heterocycles. The second-order valence-corrected chi connectivity index (χ2v) is 12.6. The number of rotatable bonds is 13. The van der Waals surface area contributed by atoms with Crippen LogP contribution in [0.25, 0.3) is 0 Å². The first-order valence-electron chi connectivity index (χ1n) is 14.6. The van der Waals surface area contributed by atoms with E-state index in [1.807, 2.05) is 37.3 Å². The maximum absolute atomic E-state index is 15.0. The van der Waals surface area contributed by atoms with Crippen molar-refractivity contribution in [1.82, 2.24) is 10.2 Å². The first kappa shape index (κ1) is 33.2. The average molecular weight is 632 g/mol. The molecule has 0 unspecified atom stereocenters. The third-order valence-electron chi connectivity index (χ3n) is 7.41. The van der Waals surface area contributed by atoms with E-state index >= 15 is 4.39 Å². The lowest BCUT2D eigenvalue weighted by Crippen LogP contribution is -2.53. The Balaban J connectivity index is 1.85. The van der Waals surface area contributed by atoms with Crippen molar-refractivity contribution in [3.8, 4) is 5.75 Å². The van der Waals surface area contributed by atoms with Crippen LogP contribution in [-0.4, -0.2) is 51.4 Å². The standard InChI is InChI=1S/C35H38FN3O5S/c1-5-37-35(41)32(22-27-11-7-6-8-12-27)38(23-28-13-9-10-14-30(28)36)34(40)24-39(31-21-26(3)17-20-33(31)44-4)45(42,43)29-18-15-25(2)16-19-29/h6-21,32H,5,22-24H2,1-4H3,(H,37,41)/t32-/m1/s1. The lowest BCUT2D eigenvalue weighted by atomic mass is 10.0. The fourth-order valence-electron chi connectivity index (χ4n) is 5.00. The van der Waals surface area contributed by atoms with Crippen molar-refractivity contribution in [1.29, 1.82) is 0 Å². The van der Waals surface area contributed by atoms with E-state index in [-0.39, 0.29) is 34.9 Å². The number of sulfonamides is 1. The van der Waals surface area contributed by atoms with Crippen LogP contribution < -0.4 is 14.4 Å². The first-order valence-corrected chi connectivity index (χ1v) is 16.1. The van der Waals surface area contributed by atoms with E-state index in [1.54, 1.807) is 50.2 Å². The molecule has 0 saturated carbocycles. The molecule has 0 aliphatic heterocycles. The van der Waals surface area contributed by atoms with Crippen LogP contribution in [0.1, 0.15) is 29.2 Å². The highest BCUT2D eigenvalue weighted by Gasteiger charge is 2.35. The molecule has 0 spiro atoms. The number of benzene rings is 4. The molecule has 10 heteroatoms. The van der Waals surface area contributed by atoms with Gasteiger partial charge in [0.1, 0.15) is 24.2 Å². The molecule has 4 aromatic carbocycles. The van der Waals surface area contributed by atoms with Gasteiger partial charge in [0.05, 0.1) is 17.7 Å². The highest BCUT2D eigenvalue weighted by molar-refractivity contribution is 7.92. The minimum atomic E-state index is -4.31. The summed E-state index contributed by atoms with van der Waals surface area (Å²) in [6.45, 7) is 4.78. The largest absolute Gasteiger partial charge is 0.495 e. The van der Waals surface area contributed by atoms with Crippen molar-refractivity contribution in [3.05, 3.63) is 125 Å². The van der Waals surface area contributed by atoms with Crippen molar-refractivity contribution in [2.45, 2.75) is 44.7 Å². The third-order valence-corrected chi connectivity index (χ3v) is 9.19. The van der Waals surface area contributed by atoms with Crippen LogP contribution in [0.5, 0.6) is 5.75 Å². The second kappa shape index (κ2) is 14.9. The Morgan fingerprint density at radius 1 is 0.889 bits per heavy atom. The summed E-state index contributed by atoms with van der Waals surface area (Å²) in [5.74, 6) is -1.43. The summed E-state index contributed by atoms with van der Waals surface area (Å²) in [5, 5.41) is 2.80. The molecule has 4 rings (SSSR count). The van der Waals surface area contributed by atoms with Crippen molar-refractivity contribution in [2.24, 2.45) is 0 Å². The number of hydrogen-bond donors (Lipinski definition) is 1. The van der Waals surface area contributed by atoms with Crippen LogP contribution in [0.3, 0.4) is 0 Å². The third kappa shape index (κ3) is 8.07. The molecule has 0 radical (unpaired) electrons. The van der Waals surface area contributed by atoms with Gasteiger partial charge in [0.2, 0.25) is 11.8 Å². The number of amides is 2. The SMILES string of the molecule is CCNC(=O)[C@@H](Cc1ccccc1)N(Cc1ccccc1F)C(=O)CN(c1cc(C)ccc1OC)S(=O)(=O)c1ccc(C)cc1. The normalized spacial score (nSPS) is 11.8. The molecule has 236 valence electrons. The minimum absolute atomic E-state index is 0.0188. The van der Waals surface area contributed by atoms with E-state index < -0.39 is 40.2 Å². The highest BCUT2D eigenvalue weighted by Crippen LogP contribution is 2.34. The monoisotopic (exact) mass is 631 g/mol. The molecule has 0 fully saturated rings. The van der Waals surface area contributed by atoms with Crippen molar-refractivity contribution < 1.29 is 27.1 Å². The van der Waals surface area contributed by atoms with Crippen LogP contribution in [0.4, 0.5) is 10.1 Å². The van der Waals surface area contributed by atoms with Crippen molar-refractivity contribution >= 4 is 27.5 Å². The van der Waals surface area contributed by atoms with Gasteiger partial charge in [-0.05, 0) is 62.2 Å². The second-order valence-electron chi connectivity index (χ2n) is 10.7. The minimum Gasteiger partial charge on any atom is -0.495 e. The Morgan fingerprint density at radius 2 is 1.53 bits per heavy atom. The number of anilines is 1. The number of aryl methyl sites for hydroxylation is 2. The van der Waals surface area contributed by atoms with Crippen LogP contribution in [0.15, 0.2) is 102 Å². The zero-order chi connectivity index (χ0) is 32.6. The number of methoxy groups -OCH3 is 1. The van der Waals surface area contributed by atoms with E-state index in [0.717, 1.165) is 21.0 Å². The van der Waals surface area contributed by atoms with Gasteiger partial charge in [-0.2, -0.15) is 0 Å². The molecule has 0 aromatic heterocycles. The van der Waals surface area contributed by atoms with Gasteiger partial charge >= 0.3 is 0 Å². The van der Waals surface area contributed by atoms with Crippen LogP contribution in [0, 0.1) is 19.7 Å². The predicted molar refractivity (Wildman–Crippen MR) is 173 cm³/mol. The summed E-state index contributed by atoms with van der Waals surface area (Å²) in [6, 6.07) is 25.5. The van der Waals surface area contributed by atoms with Crippen LogP contribution in [-0.2, 0) is 32.6 Å². The van der Waals surface area contributed by atoms with Gasteiger partial charge in [-0.25, -0.2) is 12.8 Å². The number of hydrogen-bond acceptors (Lipinski definition) is 5. The van der Waals surface area contributed by atoms with Gasteiger partial charge in [0, 0.05) is 25.1 Å². The fourth-order valence-corrected chi connectivity index (χ4v) is 6.42. The number of halogens is 1. The van der Waals surface area contributed by atoms with E-state index in [9.17, 15) is 18.0 Å². The maximum Gasteiger partial charge on any atom is 0.264 e. The molecule has 0 bridgehead atoms. The zero-order valence-electron chi connectivity index (χ0n) is 25.9. The summed E-state index contributed by atoms with van der Waals surface area (Å²) in [6.07, 6.45) is 0.130. The van der Waals surface area contributed by atoms with Crippen LogP contribution in [0.2, 0.25) is 0 Å². The highest BCUT2D eigenvalue weighted by atomic mass is 32.2. The number of nitrogens with one attached hydrogen (secondary N) is 1. The van der Waals surface area contributed by atoms with E-state index in [4.69, 9.17) is 4.74 Å². The van der Waals surface area contributed by atoms with E-state index in [2.05, 4.69) is 5.32 Å². The molecule has 1 N–H and O–H groups in total. The number of likely N-dealkylation sites (N-methyl/N-ethyl adjacent to an activating group) is 1. The topological polar surface area (TPSA) is 96.0 Å². The molecular formula is C35H38FN3O5S. The number of carbonyl (C=O) groups is 2. The average Bonchev–Trinajstić information content (AvgIpc) is 3.03. The predicted octanol–water partition coefficient (Wildman–Crippen LogP) is 5.42. The summed E-state index contributed by atoms with van der Waals surface area (Å²) in [4.78, 5) is 29.3. The molecule has 2 amide bonds.